The molecule has 0 spiro atoms. The molecule has 1 aromatic heterocycles. The Bertz CT molecular complexity index is 1260. The second-order valence-electron chi connectivity index (χ2n) is 8.93. The van der Waals surface area contributed by atoms with Gasteiger partial charge < -0.3 is 9.47 Å². The average molecular weight is 485 g/mol. The molecule has 7 heteroatoms. The number of aromatic nitrogens is 3. The van der Waals surface area contributed by atoms with Crippen LogP contribution in [0.3, 0.4) is 0 Å². The van der Waals surface area contributed by atoms with Crippen molar-refractivity contribution in [2.45, 2.75) is 52.6 Å². The molecule has 0 radical (unpaired) electrons. The van der Waals surface area contributed by atoms with Gasteiger partial charge in [-0.1, -0.05) is 60.7 Å². The van der Waals surface area contributed by atoms with Crippen molar-refractivity contribution in [1.82, 2.24) is 20.1 Å². The summed E-state index contributed by atoms with van der Waals surface area (Å²) in [6.07, 6.45) is 2.84. The molecule has 0 aliphatic heterocycles. The topological polar surface area (TPSA) is 78.3 Å². The zero-order chi connectivity index (χ0) is 25.3. The highest BCUT2D eigenvalue weighted by Crippen LogP contribution is 2.26. The number of esters is 1. The van der Waals surface area contributed by atoms with Crippen molar-refractivity contribution in [2.75, 3.05) is 0 Å². The molecule has 1 heterocycles. The van der Waals surface area contributed by atoms with Crippen molar-refractivity contribution in [2.24, 2.45) is 0 Å². The van der Waals surface area contributed by atoms with E-state index in [0.717, 1.165) is 16.9 Å². The van der Waals surface area contributed by atoms with Gasteiger partial charge in [-0.3, -0.25) is 14.8 Å². The number of hydrogen-bond donors (Lipinski definition) is 1. The predicted molar refractivity (Wildman–Crippen MR) is 139 cm³/mol. The minimum atomic E-state index is -0.554. The van der Waals surface area contributed by atoms with Crippen molar-refractivity contribution in [3.63, 3.8) is 0 Å². The van der Waals surface area contributed by atoms with Crippen LogP contribution in [0.25, 0.3) is 11.1 Å². The SMILES string of the molecule is Cc1c(COc2cccc(CN[C@H](Cn3cncn3)C(=O)OC(C)C)c2)cccc1-c1ccccc1. The Balaban J connectivity index is 1.40. The van der Waals surface area contributed by atoms with E-state index >= 15 is 0 Å². The third-order valence-electron chi connectivity index (χ3n) is 5.85. The molecule has 1 N–H and O–H groups in total. The van der Waals surface area contributed by atoms with Gasteiger partial charge >= 0.3 is 5.97 Å². The van der Waals surface area contributed by atoms with Crippen molar-refractivity contribution in [3.05, 3.63) is 102 Å². The molecule has 0 saturated heterocycles. The standard InChI is InChI=1S/C29H32N4O3/c1-21(2)36-29(34)28(17-33-20-30-19-32-33)31-16-23-9-7-13-26(15-23)35-18-25-12-8-14-27(22(25)3)24-10-5-4-6-11-24/h4-15,19-21,28,31H,16-18H2,1-3H3/t28-/m1/s1. The minimum Gasteiger partial charge on any atom is -0.489 e. The smallest absolute Gasteiger partial charge is 0.325 e. The van der Waals surface area contributed by atoms with Gasteiger partial charge in [-0.15, -0.1) is 0 Å². The summed E-state index contributed by atoms with van der Waals surface area (Å²) in [5.74, 6) is 0.457. The molecule has 0 amide bonds. The van der Waals surface area contributed by atoms with Gasteiger partial charge in [0.1, 0.15) is 31.1 Å². The molecule has 186 valence electrons. The van der Waals surface area contributed by atoms with Crippen molar-refractivity contribution in [3.8, 4) is 16.9 Å². The highest BCUT2D eigenvalue weighted by Gasteiger charge is 2.21. The first-order chi connectivity index (χ1) is 17.5. The van der Waals surface area contributed by atoms with E-state index in [9.17, 15) is 4.79 Å². The molecule has 36 heavy (non-hydrogen) atoms. The number of nitrogens with one attached hydrogen (secondary N) is 1. The number of ether oxygens (including phenoxy) is 2. The van der Waals surface area contributed by atoms with Crippen LogP contribution in [0.2, 0.25) is 0 Å². The Morgan fingerprint density at radius 3 is 2.58 bits per heavy atom. The van der Waals surface area contributed by atoms with E-state index in [2.05, 4.69) is 64.8 Å². The Labute approximate surface area is 212 Å². The van der Waals surface area contributed by atoms with Gasteiger partial charge in [-0.2, -0.15) is 5.10 Å². The van der Waals surface area contributed by atoms with Crippen LogP contribution in [0.15, 0.2) is 85.5 Å². The fourth-order valence-corrected chi connectivity index (χ4v) is 3.97. The zero-order valence-corrected chi connectivity index (χ0v) is 20.9. The average Bonchev–Trinajstić information content (AvgIpc) is 3.39. The maximum Gasteiger partial charge on any atom is 0.325 e. The molecule has 7 nitrogen and oxygen atoms in total. The predicted octanol–water partition coefficient (Wildman–Crippen LogP) is 4.94. The molecule has 1 atom stereocenters. The fourth-order valence-electron chi connectivity index (χ4n) is 3.97. The number of rotatable bonds is 11. The summed E-state index contributed by atoms with van der Waals surface area (Å²) in [6, 6.07) is 24.0. The van der Waals surface area contributed by atoms with Gasteiger partial charge in [0.15, 0.2) is 0 Å². The molecule has 0 bridgehead atoms. The molecule has 3 aromatic carbocycles. The van der Waals surface area contributed by atoms with Gasteiger partial charge in [0.2, 0.25) is 0 Å². The van der Waals surface area contributed by atoms with E-state index in [0.29, 0.717) is 19.7 Å². The molecule has 0 fully saturated rings. The number of nitrogens with zero attached hydrogens (tertiary/aromatic N) is 3. The summed E-state index contributed by atoms with van der Waals surface area (Å²) in [4.78, 5) is 16.6. The molecule has 4 rings (SSSR count). The summed E-state index contributed by atoms with van der Waals surface area (Å²) < 4.78 is 13.2. The third-order valence-corrected chi connectivity index (χ3v) is 5.85. The van der Waals surface area contributed by atoms with Gasteiger partial charge in [0.25, 0.3) is 0 Å². The van der Waals surface area contributed by atoms with Crippen LogP contribution in [0.5, 0.6) is 5.75 Å². The lowest BCUT2D eigenvalue weighted by molar-refractivity contribution is -0.150. The largest absolute Gasteiger partial charge is 0.489 e. The number of carbonyl (C=O) groups is 1. The first-order valence-electron chi connectivity index (χ1n) is 12.1. The van der Waals surface area contributed by atoms with Crippen molar-refractivity contribution in [1.29, 1.82) is 0 Å². The van der Waals surface area contributed by atoms with Crippen molar-refractivity contribution >= 4 is 5.97 Å². The van der Waals surface area contributed by atoms with Gasteiger partial charge in [-0.05, 0) is 60.7 Å². The number of carbonyl (C=O) groups excluding carboxylic acids is 1. The Morgan fingerprint density at radius 2 is 1.83 bits per heavy atom. The lowest BCUT2D eigenvalue weighted by atomic mass is 9.97. The molecule has 0 unspecified atom stereocenters. The van der Waals surface area contributed by atoms with E-state index in [-0.39, 0.29) is 12.1 Å². The van der Waals surface area contributed by atoms with Crippen LogP contribution >= 0.6 is 0 Å². The van der Waals surface area contributed by atoms with Crippen LogP contribution < -0.4 is 10.1 Å². The summed E-state index contributed by atoms with van der Waals surface area (Å²) in [5.41, 5.74) is 5.76. The zero-order valence-electron chi connectivity index (χ0n) is 20.9. The van der Waals surface area contributed by atoms with Gasteiger partial charge in [0.05, 0.1) is 12.6 Å². The van der Waals surface area contributed by atoms with E-state index < -0.39 is 6.04 Å². The summed E-state index contributed by atoms with van der Waals surface area (Å²) in [6.45, 7) is 7.09. The summed E-state index contributed by atoms with van der Waals surface area (Å²) in [7, 11) is 0. The van der Waals surface area contributed by atoms with Gasteiger partial charge in [-0.25, -0.2) is 4.98 Å². The number of hydrogen-bond acceptors (Lipinski definition) is 6. The van der Waals surface area contributed by atoms with E-state index in [4.69, 9.17) is 9.47 Å². The first kappa shape index (κ1) is 25.1. The first-order valence-corrected chi connectivity index (χ1v) is 12.1. The quantitative estimate of drug-likeness (QED) is 0.304. The maximum absolute atomic E-state index is 12.6. The second-order valence-corrected chi connectivity index (χ2v) is 8.93. The molecule has 4 aromatic rings. The van der Waals surface area contributed by atoms with Crippen molar-refractivity contribution < 1.29 is 14.3 Å². The highest BCUT2D eigenvalue weighted by molar-refractivity contribution is 5.75. The Kier molecular flexibility index (Phi) is 8.47. The van der Waals surface area contributed by atoms with Crippen LogP contribution in [0, 0.1) is 6.92 Å². The van der Waals surface area contributed by atoms with E-state index in [1.165, 1.54) is 23.0 Å². The Morgan fingerprint density at radius 1 is 1.03 bits per heavy atom. The summed E-state index contributed by atoms with van der Waals surface area (Å²) in [5, 5.41) is 7.41. The highest BCUT2D eigenvalue weighted by atomic mass is 16.5. The molecule has 0 aliphatic carbocycles. The number of benzene rings is 3. The van der Waals surface area contributed by atoms with Crippen LogP contribution in [-0.2, 0) is 29.2 Å². The monoisotopic (exact) mass is 484 g/mol. The van der Waals surface area contributed by atoms with Crippen LogP contribution in [0.1, 0.15) is 30.5 Å². The summed E-state index contributed by atoms with van der Waals surface area (Å²) >= 11 is 0. The second kappa shape index (κ2) is 12.1. The van der Waals surface area contributed by atoms with Crippen LogP contribution in [0.4, 0.5) is 0 Å². The maximum atomic E-state index is 12.6. The lowest BCUT2D eigenvalue weighted by Crippen LogP contribution is -2.42. The van der Waals surface area contributed by atoms with E-state index in [1.807, 2.05) is 44.2 Å². The molecular formula is C29H32N4O3. The molecular weight excluding hydrogens is 452 g/mol. The van der Waals surface area contributed by atoms with Crippen LogP contribution in [-0.4, -0.2) is 32.9 Å². The van der Waals surface area contributed by atoms with Gasteiger partial charge in [0, 0.05) is 6.54 Å². The Hall–Kier alpha value is -3.97. The normalized spacial score (nSPS) is 11.9. The molecule has 0 saturated carbocycles. The third kappa shape index (κ3) is 6.79. The minimum absolute atomic E-state index is 0.196. The van der Waals surface area contributed by atoms with E-state index in [1.54, 1.807) is 11.0 Å². The molecule has 0 aliphatic rings. The lowest BCUT2D eigenvalue weighted by Gasteiger charge is -2.19. The fraction of sp³-hybridized carbons (Fsp3) is 0.276.